The molecule has 0 aliphatic rings. The molecule has 0 unspecified atom stereocenters. The van der Waals surface area contributed by atoms with Crippen molar-refractivity contribution in [1.29, 1.82) is 0 Å². The third-order valence-corrected chi connectivity index (χ3v) is 3.53. The van der Waals surface area contributed by atoms with Crippen molar-refractivity contribution in [3.8, 4) is 0 Å². The van der Waals surface area contributed by atoms with E-state index >= 15 is 0 Å². The van der Waals surface area contributed by atoms with Crippen LogP contribution in [0.3, 0.4) is 0 Å². The zero-order valence-electron chi connectivity index (χ0n) is 12.1. The van der Waals surface area contributed by atoms with E-state index < -0.39 is 0 Å². The van der Waals surface area contributed by atoms with Crippen LogP contribution in [0.25, 0.3) is 4.85 Å². The van der Waals surface area contributed by atoms with Crippen LogP contribution in [0.1, 0.15) is 11.1 Å². The van der Waals surface area contributed by atoms with Gasteiger partial charge < -0.3 is 4.85 Å². The van der Waals surface area contributed by atoms with Crippen molar-refractivity contribution in [3.63, 3.8) is 0 Å². The maximum atomic E-state index is 7.01. The minimum absolute atomic E-state index is 0.187. The standard InChI is InChI=1S/C19H12ClN3/c1-21-19-17(20)12-16(13-22-19)23-18(14-8-4-2-5-9-14)15-10-6-3-7-11-15/h2-13H. The van der Waals surface area contributed by atoms with Crippen LogP contribution in [0, 0.1) is 6.57 Å². The lowest BCUT2D eigenvalue weighted by molar-refractivity contribution is 1.32. The molecule has 4 heteroatoms. The predicted octanol–water partition coefficient (Wildman–Crippen LogP) is 5.45. The fourth-order valence-electron chi connectivity index (χ4n) is 2.18. The molecule has 0 bridgehead atoms. The number of hydrogen-bond donors (Lipinski definition) is 0. The van der Waals surface area contributed by atoms with Gasteiger partial charge in [0.2, 0.25) is 0 Å². The normalized spacial score (nSPS) is 9.91. The number of rotatable bonds is 3. The molecule has 0 aliphatic heterocycles. The zero-order valence-corrected chi connectivity index (χ0v) is 12.9. The smallest absolute Gasteiger partial charge is 0.288 e. The molecule has 1 aromatic heterocycles. The molecule has 3 aromatic rings. The van der Waals surface area contributed by atoms with Crippen LogP contribution in [0.2, 0.25) is 5.02 Å². The summed E-state index contributed by atoms with van der Waals surface area (Å²) in [7, 11) is 0. The number of hydrogen-bond acceptors (Lipinski definition) is 2. The first-order chi connectivity index (χ1) is 11.3. The Morgan fingerprint density at radius 3 is 2.00 bits per heavy atom. The predicted molar refractivity (Wildman–Crippen MR) is 93.7 cm³/mol. The second-order valence-corrected chi connectivity index (χ2v) is 5.21. The molecule has 0 N–H and O–H groups in total. The summed E-state index contributed by atoms with van der Waals surface area (Å²) in [5, 5.41) is 0.307. The molecular weight excluding hydrogens is 306 g/mol. The van der Waals surface area contributed by atoms with Crippen LogP contribution in [0.4, 0.5) is 11.5 Å². The molecule has 0 fully saturated rings. The molecule has 0 saturated carbocycles. The molecule has 0 atom stereocenters. The lowest BCUT2D eigenvalue weighted by Crippen LogP contribution is -2.02. The Balaban J connectivity index is 2.13. The number of nitrogens with zero attached hydrogens (tertiary/aromatic N) is 3. The summed E-state index contributed by atoms with van der Waals surface area (Å²) in [6.45, 7) is 7.01. The largest absolute Gasteiger partial charge is 0.359 e. The van der Waals surface area contributed by atoms with Gasteiger partial charge in [0.15, 0.2) is 0 Å². The molecule has 0 spiro atoms. The first-order valence-electron chi connectivity index (χ1n) is 7.00. The van der Waals surface area contributed by atoms with E-state index in [4.69, 9.17) is 23.2 Å². The lowest BCUT2D eigenvalue weighted by Gasteiger charge is -2.07. The maximum Gasteiger partial charge on any atom is 0.288 e. The van der Waals surface area contributed by atoms with E-state index in [0.29, 0.717) is 10.7 Å². The lowest BCUT2D eigenvalue weighted by atomic mass is 10.0. The fourth-order valence-corrected chi connectivity index (χ4v) is 2.38. The van der Waals surface area contributed by atoms with Crippen molar-refractivity contribution in [2.24, 2.45) is 4.99 Å². The first kappa shape index (κ1) is 15.0. The second kappa shape index (κ2) is 6.87. The van der Waals surface area contributed by atoms with Crippen molar-refractivity contribution < 1.29 is 0 Å². The summed E-state index contributed by atoms with van der Waals surface area (Å²) in [6.07, 6.45) is 1.56. The number of aliphatic imine (C=N–C) groups is 1. The molecule has 2 aromatic carbocycles. The van der Waals surface area contributed by atoms with Crippen LogP contribution in [-0.2, 0) is 0 Å². The monoisotopic (exact) mass is 317 g/mol. The highest BCUT2D eigenvalue weighted by atomic mass is 35.5. The number of benzene rings is 2. The van der Waals surface area contributed by atoms with Crippen molar-refractivity contribution in [3.05, 3.63) is 100 Å². The van der Waals surface area contributed by atoms with E-state index in [1.165, 1.54) is 0 Å². The molecule has 110 valence electrons. The van der Waals surface area contributed by atoms with E-state index in [-0.39, 0.29) is 5.82 Å². The van der Waals surface area contributed by atoms with Gasteiger partial charge in [0.1, 0.15) is 11.9 Å². The Labute approximate surface area is 139 Å². The minimum atomic E-state index is 0.187. The molecule has 0 amide bonds. The van der Waals surface area contributed by atoms with Crippen LogP contribution >= 0.6 is 11.6 Å². The average Bonchev–Trinajstić information content (AvgIpc) is 2.61. The summed E-state index contributed by atoms with van der Waals surface area (Å²) in [4.78, 5) is 12.0. The highest BCUT2D eigenvalue weighted by Gasteiger charge is 2.09. The molecule has 3 nitrogen and oxygen atoms in total. The summed E-state index contributed by atoms with van der Waals surface area (Å²) >= 11 is 6.06. The molecule has 1 heterocycles. The van der Waals surface area contributed by atoms with E-state index in [1.54, 1.807) is 12.3 Å². The van der Waals surface area contributed by atoms with Gasteiger partial charge in [0.25, 0.3) is 5.82 Å². The van der Waals surface area contributed by atoms with Crippen molar-refractivity contribution >= 4 is 28.8 Å². The van der Waals surface area contributed by atoms with Gasteiger partial charge in [-0.1, -0.05) is 78.8 Å². The number of aromatic nitrogens is 1. The van der Waals surface area contributed by atoms with E-state index in [2.05, 4.69) is 9.83 Å². The minimum Gasteiger partial charge on any atom is -0.359 e. The fraction of sp³-hybridized carbons (Fsp3) is 0. The summed E-state index contributed by atoms with van der Waals surface area (Å²) in [5.74, 6) is 0.187. The number of pyridine rings is 1. The van der Waals surface area contributed by atoms with Crippen molar-refractivity contribution in [1.82, 2.24) is 4.98 Å². The highest BCUT2D eigenvalue weighted by molar-refractivity contribution is 6.33. The van der Waals surface area contributed by atoms with Crippen molar-refractivity contribution in [2.45, 2.75) is 0 Å². The van der Waals surface area contributed by atoms with Crippen LogP contribution in [0.15, 0.2) is 77.9 Å². The summed E-state index contributed by atoms with van der Waals surface area (Å²) < 4.78 is 0. The summed E-state index contributed by atoms with van der Waals surface area (Å²) in [5.41, 5.74) is 3.46. The Kier molecular flexibility index (Phi) is 4.46. The van der Waals surface area contributed by atoms with Crippen LogP contribution in [-0.4, -0.2) is 10.7 Å². The Morgan fingerprint density at radius 1 is 0.957 bits per heavy atom. The van der Waals surface area contributed by atoms with Gasteiger partial charge in [-0.3, -0.25) is 0 Å². The SMILES string of the molecule is [C-]#[N+]c1ncc(N=C(c2ccccc2)c2ccccc2)cc1Cl. The Morgan fingerprint density at radius 2 is 1.52 bits per heavy atom. The molecule has 0 aliphatic carbocycles. The second-order valence-electron chi connectivity index (χ2n) is 4.80. The Bertz CT molecular complexity index is 840. The molecule has 3 rings (SSSR count). The van der Waals surface area contributed by atoms with Gasteiger partial charge >= 0.3 is 0 Å². The average molecular weight is 318 g/mol. The topological polar surface area (TPSA) is 29.6 Å². The maximum absolute atomic E-state index is 7.01. The quantitative estimate of drug-likeness (QED) is 0.466. The van der Waals surface area contributed by atoms with Gasteiger partial charge in [0, 0.05) is 11.1 Å². The Hall–Kier alpha value is -2.96. The summed E-state index contributed by atoms with van der Waals surface area (Å²) in [6, 6.07) is 21.5. The highest BCUT2D eigenvalue weighted by Crippen LogP contribution is 2.27. The number of halogens is 1. The van der Waals surface area contributed by atoms with Gasteiger partial charge in [-0.2, -0.15) is 0 Å². The van der Waals surface area contributed by atoms with Crippen molar-refractivity contribution in [2.75, 3.05) is 0 Å². The molecule has 23 heavy (non-hydrogen) atoms. The van der Waals surface area contributed by atoms with Crippen LogP contribution < -0.4 is 0 Å². The zero-order chi connectivity index (χ0) is 16.1. The van der Waals surface area contributed by atoms with Gasteiger partial charge in [0.05, 0.1) is 10.7 Å². The molecule has 0 saturated heterocycles. The van der Waals surface area contributed by atoms with Gasteiger partial charge in [-0.25, -0.2) is 4.99 Å². The molecular formula is C19H12ClN3. The third-order valence-electron chi connectivity index (χ3n) is 3.25. The third kappa shape index (κ3) is 3.45. The van der Waals surface area contributed by atoms with E-state index in [9.17, 15) is 0 Å². The van der Waals surface area contributed by atoms with E-state index in [1.807, 2.05) is 60.7 Å². The first-order valence-corrected chi connectivity index (χ1v) is 7.38. The van der Waals surface area contributed by atoms with Gasteiger partial charge in [-0.15, -0.1) is 4.98 Å². The molecule has 0 radical (unpaired) electrons. The van der Waals surface area contributed by atoms with Crippen LogP contribution in [0.5, 0.6) is 0 Å². The van der Waals surface area contributed by atoms with Gasteiger partial charge in [-0.05, 0) is 6.07 Å². The van der Waals surface area contributed by atoms with E-state index in [0.717, 1.165) is 16.8 Å².